The fourth-order valence-electron chi connectivity index (χ4n) is 6.63. The minimum atomic E-state index is -1.13. The van der Waals surface area contributed by atoms with Crippen molar-refractivity contribution in [3.63, 3.8) is 0 Å². The Bertz CT molecular complexity index is 1040. The summed E-state index contributed by atoms with van der Waals surface area (Å²) in [6.45, 7) is 10.4. The number of carbonyl (C=O) groups is 3. The first-order chi connectivity index (χ1) is 18.9. The van der Waals surface area contributed by atoms with Crippen LogP contribution in [0.4, 0.5) is 0 Å². The number of hydrogen-bond acceptors (Lipinski definition) is 6. The third-order valence-corrected chi connectivity index (χ3v) is 8.40. The van der Waals surface area contributed by atoms with E-state index in [4.69, 9.17) is 9.47 Å². The molecule has 2 amide bonds. The molecule has 3 aliphatic heterocycles. The van der Waals surface area contributed by atoms with Crippen LogP contribution in [0.2, 0.25) is 0 Å². The lowest BCUT2D eigenvalue weighted by Gasteiger charge is -2.39. The summed E-state index contributed by atoms with van der Waals surface area (Å²) in [4.78, 5) is 45.2. The highest BCUT2D eigenvalue weighted by atomic mass is 16.6. The summed E-state index contributed by atoms with van der Waals surface area (Å²) in [6.07, 6.45) is 7.56. The number of hydrogen-bond donors (Lipinski definition) is 1. The molecule has 4 rings (SSSR count). The van der Waals surface area contributed by atoms with Crippen LogP contribution < -0.4 is 0 Å². The van der Waals surface area contributed by atoms with Crippen molar-refractivity contribution in [2.75, 3.05) is 26.3 Å². The van der Waals surface area contributed by atoms with Crippen LogP contribution in [0.15, 0.2) is 55.6 Å². The molecule has 3 fully saturated rings. The quantitative estimate of drug-likeness (QED) is 0.209. The van der Waals surface area contributed by atoms with Crippen molar-refractivity contribution in [1.29, 1.82) is 0 Å². The summed E-state index contributed by atoms with van der Waals surface area (Å²) in [5.41, 5.74) is -0.179. The lowest BCUT2D eigenvalue weighted by molar-refractivity contribution is -0.156. The van der Waals surface area contributed by atoms with Gasteiger partial charge in [-0.15, -0.1) is 13.2 Å². The van der Waals surface area contributed by atoms with Crippen molar-refractivity contribution in [1.82, 2.24) is 9.80 Å². The van der Waals surface area contributed by atoms with Gasteiger partial charge in [0.15, 0.2) is 0 Å². The molecule has 6 atom stereocenters. The predicted molar refractivity (Wildman–Crippen MR) is 148 cm³/mol. The predicted octanol–water partition coefficient (Wildman–Crippen LogP) is 3.29. The minimum absolute atomic E-state index is 0.216. The van der Waals surface area contributed by atoms with Crippen LogP contribution in [0.1, 0.15) is 51.0 Å². The van der Waals surface area contributed by atoms with E-state index in [1.165, 1.54) is 0 Å². The van der Waals surface area contributed by atoms with Gasteiger partial charge in [-0.1, -0.05) is 55.8 Å². The molecule has 3 heterocycles. The summed E-state index contributed by atoms with van der Waals surface area (Å²) in [6, 6.07) is 8.03. The molecule has 2 unspecified atom stereocenters. The summed E-state index contributed by atoms with van der Waals surface area (Å²) >= 11 is 0. The average Bonchev–Trinajstić information content (AvgIpc) is 3.59. The van der Waals surface area contributed by atoms with Crippen molar-refractivity contribution in [3.8, 4) is 0 Å². The number of aliphatic hydroxyl groups is 1. The second kappa shape index (κ2) is 12.9. The molecular weight excluding hydrogens is 496 g/mol. The van der Waals surface area contributed by atoms with E-state index in [0.717, 1.165) is 24.8 Å². The Morgan fingerprint density at radius 1 is 1.26 bits per heavy atom. The van der Waals surface area contributed by atoms with Gasteiger partial charge in [0.25, 0.3) is 0 Å². The van der Waals surface area contributed by atoms with Gasteiger partial charge in [-0.3, -0.25) is 14.4 Å². The minimum Gasteiger partial charge on any atom is -0.465 e. The molecule has 3 saturated heterocycles. The van der Waals surface area contributed by atoms with E-state index in [1.54, 1.807) is 22.0 Å². The number of allylic oxidation sites excluding steroid dienone is 1. The van der Waals surface area contributed by atoms with Crippen molar-refractivity contribution >= 4 is 17.8 Å². The van der Waals surface area contributed by atoms with Crippen LogP contribution in [0.5, 0.6) is 0 Å². The van der Waals surface area contributed by atoms with Gasteiger partial charge in [-0.05, 0) is 44.1 Å². The molecule has 8 nitrogen and oxygen atoms in total. The van der Waals surface area contributed by atoms with Crippen LogP contribution >= 0.6 is 0 Å². The molecule has 8 heteroatoms. The monoisotopic (exact) mass is 538 g/mol. The van der Waals surface area contributed by atoms with Gasteiger partial charge in [0.05, 0.1) is 37.2 Å². The zero-order chi connectivity index (χ0) is 28.0. The third kappa shape index (κ3) is 5.54. The molecule has 39 heavy (non-hydrogen) atoms. The summed E-state index contributed by atoms with van der Waals surface area (Å²) in [5, 5.41) is 10.5. The highest BCUT2D eigenvalue weighted by Crippen LogP contribution is 2.59. The zero-order valence-corrected chi connectivity index (χ0v) is 23.0. The maximum absolute atomic E-state index is 14.3. The molecule has 3 aliphatic rings. The highest BCUT2D eigenvalue weighted by Gasteiger charge is 2.75. The fraction of sp³-hybridized carbons (Fsp3) is 0.581. The molecule has 0 aromatic heterocycles. The first-order valence-electron chi connectivity index (χ1n) is 14.2. The number of ether oxygens (including phenoxy) is 2. The summed E-state index contributed by atoms with van der Waals surface area (Å²) < 4.78 is 12.1. The number of aliphatic hydroxyl groups excluding tert-OH is 1. The lowest BCUT2D eigenvalue weighted by atomic mass is 9.70. The average molecular weight is 539 g/mol. The number of unbranched alkanes of at least 4 members (excludes halogenated alkanes) is 2. The maximum atomic E-state index is 14.3. The van der Waals surface area contributed by atoms with Gasteiger partial charge in [0.1, 0.15) is 11.6 Å². The van der Waals surface area contributed by atoms with Crippen molar-refractivity contribution < 1.29 is 29.0 Å². The topological polar surface area (TPSA) is 96.4 Å². The van der Waals surface area contributed by atoms with Gasteiger partial charge in [0.2, 0.25) is 11.8 Å². The van der Waals surface area contributed by atoms with Crippen LogP contribution in [0.3, 0.4) is 0 Å². The molecule has 1 spiro atoms. The van der Waals surface area contributed by atoms with Gasteiger partial charge in [0, 0.05) is 13.1 Å². The second-order valence-electron chi connectivity index (χ2n) is 10.9. The van der Waals surface area contributed by atoms with E-state index >= 15 is 0 Å². The summed E-state index contributed by atoms with van der Waals surface area (Å²) in [7, 11) is 0. The molecule has 0 radical (unpaired) electrons. The normalized spacial score (nSPS) is 27.7. The van der Waals surface area contributed by atoms with E-state index < -0.39 is 41.6 Å². The zero-order valence-electron chi connectivity index (χ0n) is 23.0. The number of rotatable bonds is 15. The smallest absolute Gasteiger partial charge is 0.312 e. The van der Waals surface area contributed by atoms with Gasteiger partial charge in [-0.25, -0.2) is 0 Å². The van der Waals surface area contributed by atoms with Crippen molar-refractivity contribution in [3.05, 3.63) is 61.2 Å². The van der Waals surface area contributed by atoms with Gasteiger partial charge < -0.3 is 24.4 Å². The first kappa shape index (κ1) is 29.0. The first-order valence-corrected chi connectivity index (χ1v) is 14.2. The number of nitrogens with zero attached hydrogens (tertiary/aromatic N) is 2. The molecule has 2 bridgehead atoms. The third-order valence-electron chi connectivity index (χ3n) is 8.40. The SMILES string of the molecule is C=CCCCOC(=O)[C@@H]1[C@H]2C(=O)N([C@@H](CO)Cc3ccccc3)C(C(=O)N(CC=C)CCCC)C23CC[C@H]1O3. The number of carbonyl (C=O) groups excluding carboxylic acids is 3. The molecule has 212 valence electrons. The van der Waals surface area contributed by atoms with Crippen LogP contribution in [-0.4, -0.2) is 82.8 Å². The molecular formula is C31H42N2O6. The highest BCUT2D eigenvalue weighted by molar-refractivity contribution is 5.98. The number of benzene rings is 1. The standard InChI is InChI=1S/C31H42N2O6/c1-4-7-12-19-38-30(37)25-24-15-16-31(39-24)26(25)28(35)33(23(21-34)20-22-13-10-9-11-14-22)27(31)29(36)32(17-6-3)18-8-5-2/h4,6,9-11,13-14,23-27,34H,1,3,5,7-8,12,15-21H2,2H3/t23-,24-,25+,26+,27?,31?/m1/s1. The van der Waals surface area contributed by atoms with Crippen LogP contribution in [-0.2, 0) is 30.3 Å². The van der Waals surface area contributed by atoms with E-state index in [-0.39, 0.29) is 25.0 Å². The van der Waals surface area contributed by atoms with Crippen LogP contribution in [0, 0.1) is 11.8 Å². The lowest BCUT2D eigenvalue weighted by Crippen LogP contribution is -2.59. The van der Waals surface area contributed by atoms with Crippen LogP contribution in [0.25, 0.3) is 0 Å². The maximum Gasteiger partial charge on any atom is 0.312 e. The van der Waals surface area contributed by atoms with Crippen molar-refractivity contribution in [2.45, 2.75) is 75.7 Å². The largest absolute Gasteiger partial charge is 0.465 e. The van der Waals surface area contributed by atoms with E-state index in [0.29, 0.717) is 38.8 Å². The Labute approximate surface area is 231 Å². The Kier molecular flexibility index (Phi) is 9.62. The Hall–Kier alpha value is -2.97. The van der Waals surface area contributed by atoms with Crippen molar-refractivity contribution in [2.24, 2.45) is 11.8 Å². The number of amides is 2. The molecule has 1 aromatic rings. The number of likely N-dealkylation sites (tertiary alicyclic amines) is 1. The fourth-order valence-corrected chi connectivity index (χ4v) is 6.63. The Morgan fingerprint density at radius 3 is 2.69 bits per heavy atom. The van der Waals surface area contributed by atoms with E-state index in [1.807, 2.05) is 30.3 Å². The Balaban J connectivity index is 1.71. The molecule has 0 aliphatic carbocycles. The van der Waals surface area contributed by atoms with Gasteiger partial charge in [-0.2, -0.15) is 0 Å². The number of esters is 1. The van der Waals surface area contributed by atoms with E-state index in [2.05, 4.69) is 20.1 Å². The molecule has 1 aromatic carbocycles. The number of fused-ring (bicyclic) bond motifs is 1. The molecule has 0 saturated carbocycles. The second-order valence-corrected chi connectivity index (χ2v) is 10.9. The molecule has 1 N–H and O–H groups in total. The summed E-state index contributed by atoms with van der Waals surface area (Å²) in [5.74, 6) is -2.57. The van der Waals surface area contributed by atoms with E-state index in [9.17, 15) is 19.5 Å². The Morgan fingerprint density at radius 2 is 2.03 bits per heavy atom. The van der Waals surface area contributed by atoms with Gasteiger partial charge >= 0.3 is 5.97 Å².